The molecule has 1 rings (SSSR count). The fourth-order valence-electron chi connectivity index (χ4n) is 0.419. The van der Waals surface area contributed by atoms with E-state index in [0.29, 0.717) is 5.82 Å². The predicted molar refractivity (Wildman–Crippen MR) is 33.7 cm³/mol. The molecule has 0 aliphatic heterocycles. The van der Waals surface area contributed by atoms with Gasteiger partial charge in [0, 0.05) is 18.0 Å². The van der Waals surface area contributed by atoms with Gasteiger partial charge in [0.2, 0.25) is 0 Å². The van der Waals surface area contributed by atoms with Crippen molar-refractivity contribution in [2.75, 3.05) is 4.84 Å². The van der Waals surface area contributed by atoms with Gasteiger partial charge in [0.15, 0.2) is 0 Å². The van der Waals surface area contributed by atoms with E-state index in [-0.39, 0.29) is 0 Å². The predicted octanol–water partition coefficient (Wildman–Crippen LogP) is 1.65. The molecule has 0 bridgehead atoms. The van der Waals surface area contributed by atoms with Crippen LogP contribution in [0.15, 0.2) is 24.4 Å². The van der Waals surface area contributed by atoms with Gasteiger partial charge in [0.1, 0.15) is 5.82 Å². The maximum Gasteiger partial charge on any atom is 0.140 e. The van der Waals surface area contributed by atoms with Gasteiger partial charge in [0.05, 0.1) is 0 Å². The van der Waals surface area contributed by atoms with Crippen LogP contribution in [0.25, 0.3) is 0 Å². The summed E-state index contributed by atoms with van der Waals surface area (Å²) < 4.78 is 0. The molecule has 0 amide bonds. The number of pyridine rings is 1. The first-order chi connectivity index (χ1) is 3.93. The van der Waals surface area contributed by atoms with Crippen LogP contribution < -0.4 is 4.84 Å². The molecule has 1 heterocycles. The van der Waals surface area contributed by atoms with Crippen LogP contribution in [0.4, 0.5) is 5.82 Å². The normalized spacial score (nSPS) is 8.62. The second-order valence-electron chi connectivity index (χ2n) is 1.31. The van der Waals surface area contributed by atoms with Crippen LogP contribution in [0.5, 0.6) is 0 Å². The maximum atomic E-state index is 5.21. The van der Waals surface area contributed by atoms with E-state index >= 15 is 0 Å². The Morgan fingerprint density at radius 2 is 2.38 bits per heavy atom. The van der Waals surface area contributed by atoms with Crippen LogP contribution in [0.3, 0.4) is 0 Å². The zero-order chi connectivity index (χ0) is 5.82. The standard InChI is InChI=1S/C5H5ClN2/c6-8-5-3-1-2-4-7-5/h1-4H,(H,7,8). The summed E-state index contributed by atoms with van der Waals surface area (Å²) >= 11 is 5.21. The van der Waals surface area contributed by atoms with Crippen LogP contribution in [0.1, 0.15) is 0 Å². The third kappa shape index (κ3) is 1.10. The third-order valence-electron chi connectivity index (χ3n) is 0.762. The Kier molecular flexibility index (Phi) is 1.70. The number of rotatable bonds is 1. The van der Waals surface area contributed by atoms with Gasteiger partial charge in [-0.2, -0.15) is 0 Å². The summed E-state index contributed by atoms with van der Waals surface area (Å²) in [6.07, 6.45) is 1.67. The monoisotopic (exact) mass is 128 g/mol. The largest absolute Gasteiger partial charge is 0.283 e. The Bertz CT molecular complexity index is 152. The minimum absolute atomic E-state index is 0.675. The summed E-state index contributed by atoms with van der Waals surface area (Å²) in [7, 11) is 0. The van der Waals surface area contributed by atoms with E-state index in [1.807, 2.05) is 12.1 Å². The van der Waals surface area contributed by atoms with Crippen LogP contribution in [0, 0.1) is 0 Å². The smallest absolute Gasteiger partial charge is 0.140 e. The average Bonchev–Trinajstić information content (AvgIpc) is 1.90. The van der Waals surface area contributed by atoms with E-state index in [1.54, 1.807) is 12.3 Å². The number of aromatic nitrogens is 1. The summed E-state index contributed by atoms with van der Waals surface area (Å²) in [6.45, 7) is 0. The molecule has 3 heteroatoms. The molecule has 0 spiro atoms. The van der Waals surface area contributed by atoms with Crippen molar-refractivity contribution in [1.82, 2.24) is 4.98 Å². The highest BCUT2D eigenvalue weighted by Gasteiger charge is 1.81. The van der Waals surface area contributed by atoms with Crippen molar-refractivity contribution in [2.45, 2.75) is 0 Å². The van der Waals surface area contributed by atoms with Gasteiger partial charge in [-0.25, -0.2) is 4.98 Å². The molecule has 0 fully saturated rings. The molecular formula is C5H5ClN2. The molecule has 1 aromatic heterocycles. The van der Waals surface area contributed by atoms with Gasteiger partial charge in [-0.15, -0.1) is 0 Å². The van der Waals surface area contributed by atoms with Gasteiger partial charge in [0.25, 0.3) is 0 Å². The highest BCUT2D eigenvalue weighted by Crippen LogP contribution is 1.99. The van der Waals surface area contributed by atoms with Crippen molar-refractivity contribution in [3.63, 3.8) is 0 Å². The second-order valence-corrected chi connectivity index (χ2v) is 1.50. The van der Waals surface area contributed by atoms with Gasteiger partial charge < -0.3 is 0 Å². The van der Waals surface area contributed by atoms with Crippen molar-refractivity contribution in [3.8, 4) is 0 Å². The quantitative estimate of drug-likeness (QED) is 0.582. The molecule has 0 aromatic carbocycles. The van der Waals surface area contributed by atoms with Gasteiger partial charge in [-0.05, 0) is 12.1 Å². The molecule has 0 saturated carbocycles. The highest BCUT2D eigenvalue weighted by atomic mass is 35.5. The number of hydrogen-bond acceptors (Lipinski definition) is 2. The summed E-state index contributed by atoms with van der Waals surface area (Å²) in [6, 6.07) is 5.47. The van der Waals surface area contributed by atoms with Crippen LogP contribution >= 0.6 is 11.8 Å². The van der Waals surface area contributed by atoms with E-state index in [9.17, 15) is 0 Å². The van der Waals surface area contributed by atoms with Gasteiger partial charge in [-0.1, -0.05) is 6.07 Å². The van der Waals surface area contributed by atoms with Crippen molar-refractivity contribution < 1.29 is 0 Å². The summed E-state index contributed by atoms with van der Waals surface area (Å²) in [5.74, 6) is 0.675. The van der Waals surface area contributed by atoms with Crippen LogP contribution in [0.2, 0.25) is 0 Å². The summed E-state index contributed by atoms with van der Waals surface area (Å²) in [5.41, 5.74) is 0. The molecule has 0 radical (unpaired) electrons. The van der Waals surface area contributed by atoms with Gasteiger partial charge in [-0.3, -0.25) is 4.84 Å². The first-order valence-corrected chi connectivity index (χ1v) is 2.59. The summed E-state index contributed by atoms with van der Waals surface area (Å²) in [4.78, 5) is 6.24. The molecule has 0 aliphatic carbocycles. The number of anilines is 1. The first kappa shape index (κ1) is 5.38. The van der Waals surface area contributed by atoms with Crippen molar-refractivity contribution in [3.05, 3.63) is 24.4 Å². The molecule has 0 saturated heterocycles. The molecule has 0 unspecified atom stereocenters. The number of halogens is 1. The summed E-state index contributed by atoms with van der Waals surface area (Å²) in [5, 5.41) is 0. The lowest BCUT2D eigenvalue weighted by Gasteiger charge is -1.90. The zero-order valence-electron chi connectivity index (χ0n) is 4.13. The SMILES string of the molecule is ClNc1ccccn1. The van der Waals surface area contributed by atoms with E-state index in [2.05, 4.69) is 9.82 Å². The number of hydrogen-bond donors (Lipinski definition) is 1. The molecule has 1 aromatic rings. The molecule has 0 aliphatic rings. The van der Waals surface area contributed by atoms with Crippen molar-refractivity contribution in [1.29, 1.82) is 0 Å². The molecule has 0 atom stereocenters. The van der Waals surface area contributed by atoms with E-state index in [1.165, 1.54) is 0 Å². The van der Waals surface area contributed by atoms with Crippen molar-refractivity contribution in [2.24, 2.45) is 0 Å². The van der Waals surface area contributed by atoms with Crippen molar-refractivity contribution >= 4 is 17.6 Å². The van der Waals surface area contributed by atoms with E-state index in [4.69, 9.17) is 11.8 Å². The molecular weight excluding hydrogens is 124 g/mol. The Hall–Kier alpha value is -0.760. The lowest BCUT2D eigenvalue weighted by molar-refractivity contribution is 1.34. The molecule has 1 N–H and O–H groups in total. The number of nitrogens with one attached hydrogen (secondary N) is 1. The number of nitrogens with zero attached hydrogens (tertiary/aromatic N) is 1. The average molecular weight is 129 g/mol. The Labute approximate surface area is 52.6 Å². The third-order valence-corrected chi connectivity index (χ3v) is 0.955. The zero-order valence-corrected chi connectivity index (χ0v) is 4.89. The van der Waals surface area contributed by atoms with Crippen LogP contribution in [-0.2, 0) is 0 Å². The highest BCUT2D eigenvalue weighted by molar-refractivity contribution is 6.23. The molecule has 42 valence electrons. The van der Waals surface area contributed by atoms with Crippen LogP contribution in [-0.4, -0.2) is 4.98 Å². The van der Waals surface area contributed by atoms with E-state index < -0.39 is 0 Å². The second kappa shape index (κ2) is 2.52. The fraction of sp³-hybridized carbons (Fsp3) is 0. The lowest BCUT2D eigenvalue weighted by Crippen LogP contribution is -1.81. The molecule has 8 heavy (non-hydrogen) atoms. The lowest BCUT2D eigenvalue weighted by atomic mass is 10.5. The van der Waals surface area contributed by atoms with Gasteiger partial charge >= 0.3 is 0 Å². The minimum Gasteiger partial charge on any atom is -0.283 e. The molecule has 2 nitrogen and oxygen atoms in total. The van der Waals surface area contributed by atoms with E-state index in [0.717, 1.165) is 0 Å². The Morgan fingerprint density at radius 1 is 1.50 bits per heavy atom. The maximum absolute atomic E-state index is 5.21. The topological polar surface area (TPSA) is 24.9 Å². The fourth-order valence-corrected chi connectivity index (χ4v) is 0.530. The Balaban J connectivity index is 2.83. The minimum atomic E-state index is 0.675. The Morgan fingerprint density at radius 3 is 2.75 bits per heavy atom. The first-order valence-electron chi connectivity index (χ1n) is 2.21.